The molecule has 3 amide bonds. The van der Waals surface area contributed by atoms with Gasteiger partial charge in [-0.25, -0.2) is 0 Å². The summed E-state index contributed by atoms with van der Waals surface area (Å²) in [6, 6.07) is 2.01. The van der Waals surface area contributed by atoms with Crippen molar-refractivity contribution in [3.05, 3.63) is 29.3 Å². The van der Waals surface area contributed by atoms with E-state index in [2.05, 4.69) is 16.0 Å². The molecule has 234 valence electrons. The number of rotatable bonds is 14. The number of ether oxygens (including phenoxy) is 2. The van der Waals surface area contributed by atoms with Gasteiger partial charge in [-0.15, -0.1) is 0 Å². The van der Waals surface area contributed by atoms with Crippen molar-refractivity contribution in [2.24, 2.45) is 17.3 Å². The molecule has 3 rings (SSSR count). The smallest absolute Gasteiger partial charge is 0.310 e. The van der Waals surface area contributed by atoms with Crippen LogP contribution in [0.15, 0.2) is 18.2 Å². The van der Waals surface area contributed by atoms with Crippen LogP contribution in [0.3, 0.4) is 0 Å². The molecular weight excluding hydrogens is 562 g/mol. The number of hydrogen-bond donors (Lipinski definition) is 4. The van der Waals surface area contributed by atoms with Gasteiger partial charge in [0.25, 0.3) is 5.91 Å². The van der Waals surface area contributed by atoms with Crippen LogP contribution >= 0.6 is 0 Å². The molecule has 2 unspecified atom stereocenters. The van der Waals surface area contributed by atoms with E-state index in [0.29, 0.717) is 29.7 Å². The number of ketones is 2. The highest BCUT2D eigenvalue weighted by Crippen LogP contribution is 2.58. The van der Waals surface area contributed by atoms with Gasteiger partial charge in [0.1, 0.15) is 11.8 Å². The van der Waals surface area contributed by atoms with Gasteiger partial charge in [0.2, 0.25) is 11.8 Å². The van der Waals surface area contributed by atoms with Crippen molar-refractivity contribution in [3.8, 4) is 5.75 Å². The molecule has 2 bridgehead atoms. The van der Waals surface area contributed by atoms with Crippen molar-refractivity contribution in [1.29, 1.82) is 0 Å². The van der Waals surface area contributed by atoms with E-state index in [1.54, 1.807) is 39.8 Å². The van der Waals surface area contributed by atoms with E-state index >= 15 is 0 Å². The third-order valence-corrected chi connectivity index (χ3v) is 8.43. The first-order chi connectivity index (χ1) is 20.0. The topological polar surface area (TPSA) is 194 Å². The van der Waals surface area contributed by atoms with Gasteiger partial charge < -0.3 is 30.5 Å². The minimum Gasteiger partial charge on any atom is -0.496 e. The molecule has 1 saturated carbocycles. The lowest BCUT2D eigenvalue weighted by molar-refractivity contribution is -0.167. The van der Waals surface area contributed by atoms with Gasteiger partial charge in [-0.05, 0) is 43.9 Å². The number of fused-ring (bicyclic) bond motifs is 2. The number of aliphatic carboxylic acids is 1. The molecule has 13 nitrogen and oxygen atoms in total. The first kappa shape index (κ1) is 33.2. The number of Topliss-reactive ketones (excluding diaryl/α,β-unsaturated/α-hetero) is 2. The number of methoxy groups -OCH3 is 1. The molecule has 1 aromatic carbocycles. The zero-order chi connectivity index (χ0) is 32.3. The largest absolute Gasteiger partial charge is 0.496 e. The normalized spacial score (nSPS) is 21.4. The molecule has 1 aliphatic carbocycles. The number of benzene rings is 1. The van der Waals surface area contributed by atoms with E-state index in [9.17, 15) is 38.7 Å². The minimum absolute atomic E-state index is 0.200. The summed E-state index contributed by atoms with van der Waals surface area (Å²) >= 11 is 0. The highest BCUT2D eigenvalue weighted by Gasteiger charge is 2.69. The number of carbonyl (C=O) groups excluding carboxylic acids is 6. The Morgan fingerprint density at radius 3 is 2.30 bits per heavy atom. The van der Waals surface area contributed by atoms with Crippen molar-refractivity contribution >= 4 is 41.2 Å². The third kappa shape index (κ3) is 6.86. The summed E-state index contributed by atoms with van der Waals surface area (Å²) in [5.74, 6) is -5.34. The van der Waals surface area contributed by atoms with E-state index in [1.165, 1.54) is 20.1 Å². The molecule has 1 aromatic rings. The Kier molecular flexibility index (Phi) is 9.98. The van der Waals surface area contributed by atoms with Crippen LogP contribution in [0.1, 0.15) is 69.8 Å². The highest BCUT2D eigenvalue weighted by atomic mass is 16.6. The Morgan fingerprint density at radius 1 is 1.12 bits per heavy atom. The standard InChI is InChI=1S/C30H39N3O10/c1-15(2)25(33-23(36)12-18-11-17(16(3)34)7-8-22(18)42-6)26(39)32-20(13-24(37)38)21(35)14-31-28(41)30-10-9-19(27(40)43-30)29(30,4)5/h7-8,11,15,19-20,25H,9-10,12-14H2,1-6H3,(H,31,41)(H,32,39)(H,33,36)(H,37,38)/t19?,20-,25-,30?/m0/s1. The van der Waals surface area contributed by atoms with Crippen LogP contribution in [0, 0.1) is 17.3 Å². The Hall–Kier alpha value is -4.29. The highest BCUT2D eigenvalue weighted by molar-refractivity contribution is 6.00. The number of amides is 3. The second-order valence-electron chi connectivity index (χ2n) is 11.9. The minimum atomic E-state index is -1.51. The van der Waals surface area contributed by atoms with E-state index in [0.717, 1.165) is 0 Å². The fraction of sp³-hybridized carbons (Fsp3) is 0.567. The molecule has 0 radical (unpaired) electrons. The summed E-state index contributed by atoms with van der Waals surface area (Å²) in [7, 11) is 1.42. The predicted molar refractivity (Wildman–Crippen MR) is 151 cm³/mol. The second kappa shape index (κ2) is 12.9. The predicted octanol–water partition coefficient (Wildman–Crippen LogP) is 0.958. The summed E-state index contributed by atoms with van der Waals surface area (Å²) in [6.45, 7) is 7.60. The lowest BCUT2D eigenvalue weighted by Crippen LogP contribution is -2.57. The van der Waals surface area contributed by atoms with E-state index in [1.807, 2.05) is 0 Å². The van der Waals surface area contributed by atoms with Gasteiger partial charge in [-0.3, -0.25) is 33.6 Å². The molecule has 13 heteroatoms. The van der Waals surface area contributed by atoms with Gasteiger partial charge in [-0.1, -0.05) is 27.7 Å². The number of carboxylic acid groups (broad SMARTS) is 1. The molecule has 0 spiro atoms. The Morgan fingerprint density at radius 2 is 1.79 bits per heavy atom. The number of esters is 1. The number of nitrogens with one attached hydrogen (secondary N) is 3. The van der Waals surface area contributed by atoms with Gasteiger partial charge in [0.15, 0.2) is 17.2 Å². The lowest BCUT2D eigenvalue weighted by atomic mass is 9.74. The molecule has 4 atom stereocenters. The maximum absolute atomic E-state index is 13.2. The van der Waals surface area contributed by atoms with Crippen molar-refractivity contribution in [3.63, 3.8) is 0 Å². The summed E-state index contributed by atoms with van der Waals surface area (Å²) < 4.78 is 10.7. The summed E-state index contributed by atoms with van der Waals surface area (Å²) in [4.78, 5) is 87.8. The van der Waals surface area contributed by atoms with Crippen molar-refractivity contribution in [2.75, 3.05) is 13.7 Å². The SMILES string of the molecule is COc1ccc(C(C)=O)cc1CC(=O)N[C@H](C(=O)N[C@@H](CC(=O)O)C(=O)CNC(=O)C12CCC(C(=O)O1)C2(C)C)C(C)C. The average molecular weight is 602 g/mol. The van der Waals surface area contributed by atoms with E-state index in [-0.39, 0.29) is 12.2 Å². The molecule has 1 aliphatic heterocycles. The Balaban J connectivity index is 1.68. The summed E-state index contributed by atoms with van der Waals surface area (Å²) in [5.41, 5.74) is -1.41. The maximum atomic E-state index is 13.2. The van der Waals surface area contributed by atoms with Gasteiger partial charge in [-0.2, -0.15) is 0 Å². The van der Waals surface area contributed by atoms with Crippen LogP contribution in [0.5, 0.6) is 5.75 Å². The molecule has 2 aliphatic rings. The first-order valence-electron chi connectivity index (χ1n) is 14.1. The zero-order valence-corrected chi connectivity index (χ0v) is 25.2. The lowest BCUT2D eigenvalue weighted by Gasteiger charge is -2.33. The van der Waals surface area contributed by atoms with Crippen LogP contribution in [0.25, 0.3) is 0 Å². The van der Waals surface area contributed by atoms with Gasteiger partial charge >= 0.3 is 11.9 Å². The third-order valence-electron chi connectivity index (χ3n) is 8.43. The summed E-state index contributed by atoms with van der Waals surface area (Å²) in [6.07, 6.45) is -0.204. The Labute approximate surface area is 249 Å². The zero-order valence-electron chi connectivity index (χ0n) is 25.2. The molecule has 4 N–H and O–H groups in total. The van der Waals surface area contributed by atoms with Crippen LogP contribution in [0.2, 0.25) is 0 Å². The van der Waals surface area contributed by atoms with Gasteiger partial charge in [0.05, 0.1) is 38.5 Å². The molecule has 43 heavy (non-hydrogen) atoms. The quantitative estimate of drug-likeness (QED) is 0.176. The fourth-order valence-corrected chi connectivity index (χ4v) is 5.79. The van der Waals surface area contributed by atoms with E-state index < -0.39 is 83.3 Å². The van der Waals surface area contributed by atoms with Crippen LogP contribution < -0.4 is 20.7 Å². The monoisotopic (exact) mass is 601 g/mol. The first-order valence-corrected chi connectivity index (χ1v) is 14.1. The van der Waals surface area contributed by atoms with Crippen molar-refractivity contribution in [2.45, 2.75) is 78.0 Å². The Bertz CT molecular complexity index is 1340. The van der Waals surface area contributed by atoms with E-state index in [4.69, 9.17) is 9.47 Å². The van der Waals surface area contributed by atoms with Crippen LogP contribution in [0.4, 0.5) is 0 Å². The molecule has 0 aromatic heterocycles. The maximum Gasteiger partial charge on any atom is 0.310 e. The molecular formula is C30H39N3O10. The number of carbonyl (C=O) groups is 7. The second-order valence-corrected chi connectivity index (χ2v) is 11.9. The number of hydrogen-bond acceptors (Lipinski definition) is 9. The van der Waals surface area contributed by atoms with Crippen molar-refractivity contribution in [1.82, 2.24) is 16.0 Å². The molecule has 2 fully saturated rings. The fourth-order valence-electron chi connectivity index (χ4n) is 5.79. The van der Waals surface area contributed by atoms with Crippen LogP contribution in [-0.4, -0.2) is 77.7 Å². The van der Waals surface area contributed by atoms with Gasteiger partial charge in [0, 0.05) is 16.5 Å². The number of carboxylic acids is 1. The van der Waals surface area contributed by atoms with Crippen molar-refractivity contribution < 1.29 is 48.1 Å². The summed E-state index contributed by atoms with van der Waals surface area (Å²) in [5, 5.41) is 16.9. The molecule has 1 saturated heterocycles. The average Bonchev–Trinajstić information content (AvgIpc) is 3.30. The van der Waals surface area contributed by atoms with Crippen LogP contribution in [-0.2, 0) is 39.9 Å². The molecule has 1 heterocycles.